The Hall–Kier alpha value is -0.395. The zero-order chi connectivity index (χ0) is 18.5. The summed E-state index contributed by atoms with van der Waals surface area (Å²) in [7, 11) is -4.61. The van der Waals surface area contributed by atoms with Crippen molar-refractivity contribution in [2.45, 2.75) is 33.5 Å². The van der Waals surface area contributed by atoms with Crippen LogP contribution < -0.4 is 0 Å². The summed E-state index contributed by atoms with van der Waals surface area (Å²) in [5.74, 6) is -1.05. The summed E-state index contributed by atoms with van der Waals surface area (Å²) >= 11 is 6.29. The van der Waals surface area contributed by atoms with E-state index in [4.69, 9.17) is 34.6 Å². The Labute approximate surface area is 154 Å². The molecule has 0 aromatic heterocycles. The Morgan fingerprint density at radius 1 is 1.20 bits per heavy atom. The van der Waals surface area contributed by atoms with Crippen molar-refractivity contribution in [3.05, 3.63) is 34.9 Å². The van der Waals surface area contributed by atoms with Crippen LogP contribution >= 0.6 is 19.2 Å². The van der Waals surface area contributed by atoms with E-state index in [9.17, 15) is 4.57 Å². The van der Waals surface area contributed by atoms with Gasteiger partial charge in [-0.3, -0.25) is 4.57 Å². The van der Waals surface area contributed by atoms with Crippen LogP contribution in [0.2, 0.25) is 5.02 Å². The molecule has 0 N–H and O–H groups in total. The van der Waals surface area contributed by atoms with E-state index in [1.807, 2.05) is 13.8 Å². The van der Waals surface area contributed by atoms with E-state index < -0.39 is 20.8 Å². The van der Waals surface area contributed by atoms with Gasteiger partial charge in [0, 0.05) is 29.2 Å². The van der Waals surface area contributed by atoms with Gasteiger partial charge in [0.05, 0.1) is 13.2 Å². The number of benzene rings is 1. The van der Waals surface area contributed by atoms with Crippen LogP contribution in [0.4, 0.5) is 0 Å². The first-order valence-electron chi connectivity index (χ1n) is 8.33. The first-order valence-corrected chi connectivity index (χ1v) is 10.3. The topological polar surface area (TPSA) is 63.2 Å². The number of rotatable bonds is 8. The summed E-state index contributed by atoms with van der Waals surface area (Å²) in [5.41, 5.74) is 0.398. The molecule has 9 heteroatoms. The second-order valence-electron chi connectivity index (χ2n) is 6.46. The van der Waals surface area contributed by atoms with Crippen molar-refractivity contribution in [3.63, 3.8) is 0 Å². The van der Waals surface area contributed by atoms with E-state index >= 15 is 0 Å². The molecule has 25 heavy (non-hydrogen) atoms. The predicted molar refractivity (Wildman–Crippen MR) is 97.6 cm³/mol. The minimum absolute atomic E-state index is 0.108. The lowest BCUT2D eigenvalue weighted by Crippen LogP contribution is -2.43. The minimum Gasteiger partial charge on any atom is -0.385 e. The van der Waals surface area contributed by atoms with Crippen LogP contribution in [0.1, 0.15) is 39.1 Å². The lowest BCUT2D eigenvalue weighted by atomic mass is 9.93. The molecular weight excluding hydrogens is 365 g/mol. The summed E-state index contributed by atoms with van der Waals surface area (Å²) in [6.07, 6.45) is 0. The van der Waals surface area contributed by atoms with Crippen molar-refractivity contribution >= 4 is 26.5 Å². The molecule has 1 aromatic carbocycles. The summed E-state index contributed by atoms with van der Waals surface area (Å²) in [6.45, 7) is 8.87. The van der Waals surface area contributed by atoms with Crippen LogP contribution in [0.15, 0.2) is 24.3 Å². The van der Waals surface area contributed by atoms with Gasteiger partial charge in [0.15, 0.2) is 5.85 Å². The second-order valence-corrected chi connectivity index (χ2v) is 8.93. The van der Waals surface area contributed by atoms with Crippen LogP contribution in [0, 0.1) is 5.41 Å². The summed E-state index contributed by atoms with van der Waals surface area (Å²) in [6, 6.07) is 6.99. The number of halogens is 1. The predicted octanol–water partition coefficient (Wildman–Crippen LogP) is 4.68. The van der Waals surface area contributed by atoms with Crippen molar-refractivity contribution in [1.82, 2.24) is 0 Å². The highest BCUT2D eigenvalue weighted by Gasteiger charge is 2.45. The molecule has 0 spiro atoms. The average Bonchev–Trinajstić information content (AvgIpc) is 2.55. The quantitative estimate of drug-likeness (QED) is 0.474. The molecule has 0 amide bonds. The molecule has 1 aromatic rings. The molecule has 6 nitrogen and oxygen atoms in total. The molecule has 0 bridgehead atoms. The van der Waals surface area contributed by atoms with Crippen molar-refractivity contribution < 1.29 is 27.6 Å². The van der Waals surface area contributed by atoms with Crippen LogP contribution in [-0.2, 0) is 27.6 Å². The van der Waals surface area contributed by atoms with E-state index in [0.717, 1.165) is 0 Å². The van der Waals surface area contributed by atoms with E-state index in [-0.39, 0.29) is 18.6 Å². The molecule has 0 saturated carbocycles. The highest BCUT2D eigenvalue weighted by Crippen LogP contribution is 2.62. The maximum Gasteiger partial charge on any atom is 0.640 e. The Balaban J connectivity index is 2.29. The molecule has 1 unspecified atom stereocenters. The Morgan fingerprint density at radius 3 is 2.28 bits per heavy atom. The van der Waals surface area contributed by atoms with Crippen LogP contribution in [-0.4, -0.2) is 33.7 Å². The van der Waals surface area contributed by atoms with Crippen molar-refractivity contribution in [3.8, 4) is 0 Å². The third kappa shape index (κ3) is 5.54. The summed E-state index contributed by atoms with van der Waals surface area (Å²) in [5, 5.41) is 0.406. The van der Waals surface area contributed by atoms with Gasteiger partial charge in [0.25, 0.3) is 0 Å². The first kappa shape index (κ1) is 20.9. The molecule has 1 aliphatic rings. The van der Waals surface area contributed by atoms with Gasteiger partial charge >= 0.3 is 14.9 Å². The molecule has 140 valence electrons. The fraction of sp³-hybridized carbons (Fsp3) is 0.625. The Bertz CT molecular complexity index is 594. The summed E-state index contributed by atoms with van der Waals surface area (Å²) < 4.78 is 41.4. The van der Waals surface area contributed by atoms with Gasteiger partial charge in [0.1, 0.15) is 0 Å². The molecular formula is C16H25BClO6P. The van der Waals surface area contributed by atoms with Gasteiger partial charge in [-0.2, -0.15) is 0 Å². The fourth-order valence-electron chi connectivity index (χ4n) is 2.39. The Morgan fingerprint density at radius 2 is 1.76 bits per heavy atom. The van der Waals surface area contributed by atoms with Gasteiger partial charge in [-0.05, 0) is 19.9 Å². The smallest absolute Gasteiger partial charge is 0.385 e. The lowest BCUT2D eigenvalue weighted by molar-refractivity contribution is -0.0273. The van der Waals surface area contributed by atoms with E-state index in [1.165, 1.54) is 0 Å². The number of hydrogen-bond acceptors (Lipinski definition) is 6. The molecule has 1 fully saturated rings. The highest BCUT2D eigenvalue weighted by molar-refractivity contribution is 7.54. The van der Waals surface area contributed by atoms with Gasteiger partial charge in [-0.25, -0.2) is 0 Å². The molecule has 0 radical (unpaired) electrons. The van der Waals surface area contributed by atoms with Crippen LogP contribution in [0.5, 0.6) is 0 Å². The SMILES string of the molecule is CCOP(=O)(OCC)C(OB1OCC(C)(C)CO1)c1ccccc1Cl. The summed E-state index contributed by atoms with van der Waals surface area (Å²) in [4.78, 5) is 0. The van der Waals surface area contributed by atoms with Gasteiger partial charge in [0.2, 0.25) is 0 Å². The van der Waals surface area contributed by atoms with E-state index in [0.29, 0.717) is 23.8 Å². The van der Waals surface area contributed by atoms with E-state index in [1.54, 1.807) is 38.1 Å². The van der Waals surface area contributed by atoms with Gasteiger partial charge in [-0.15, -0.1) is 0 Å². The standard InChI is InChI=1S/C16H25BClO6P/c1-5-22-25(19,23-6-2)15(13-9-7-8-10-14(13)18)24-17-20-11-16(3,4)12-21-17/h7-10,15H,5-6,11-12H2,1-4H3. The second kappa shape index (κ2) is 9.00. The molecule has 0 aliphatic carbocycles. The monoisotopic (exact) mass is 390 g/mol. The van der Waals surface area contributed by atoms with Crippen molar-refractivity contribution in [2.75, 3.05) is 26.4 Å². The van der Waals surface area contributed by atoms with Gasteiger partial charge < -0.3 is 23.0 Å². The molecule has 1 atom stereocenters. The Kier molecular flexibility index (Phi) is 7.53. The maximum absolute atomic E-state index is 13.3. The zero-order valence-corrected chi connectivity index (χ0v) is 16.7. The minimum atomic E-state index is -3.64. The third-order valence-electron chi connectivity index (χ3n) is 3.54. The average molecular weight is 391 g/mol. The lowest BCUT2D eigenvalue weighted by Gasteiger charge is -2.35. The zero-order valence-electron chi connectivity index (χ0n) is 15.1. The largest absolute Gasteiger partial charge is 0.640 e. The molecule has 1 aliphatic heterocycles. The van der Waals surface area contributed by atoms with Gasteiger partial charge in [-0.1, -0.05) is 43.6 Å². The molecule has 2 rings (SSSR count). The highest BCUT2D eigenvalue weighted by atomic mass is 35.5. The van der Waals surface area contributed by atoms with Crippen molar-refractivity contribution in [2.24, 2.45) is 5.41 Å². The van der Waals surface area contributed by atoms with E-state index in [2.05, 4.69) is 0 Å². The van der Waals surface area contributed by atoms with Crippen LogP contribution in [0.25, 0.3) is 0 Å². The normalized spacial score (nSPS) is 19.0. The number of hydrogen-bond donors (Lipinski definition) is 0. The third-order valence-corrected chi connectivity index (χ3v) is 6.09. The van der Waals surface area contributed by atoms with Crippen molar-refractivity contribution in [1.29, 1.82) is 0 Å². The van der Waals surface area contributed by atoms with Crippen LogP contribution in [0.3, 0.4) is 0 Å². The molecule has 1 saturated heterocycles. The first-order chi connectivity index (χ1) is 11.8. The fourth-order valence-corrected chi connectivity index (χ4v) is 4.58. The molecule has 1 heterocycles. The maximum atomic E-state index is 13.3.